The molecule has 0 amide bonds. The van der Waals surface area contributed by atoms with E-state index in [1.807, 2.05) is 7.05 Å². The highest BCUT2D eigenvalue weighted by molar-refractivity contribution is 5.25. The lowest BCUT2D eigenvalue weighted by Crippen LogP contribution is -2.15. The normalized spacial score (nSPS) is 13.1. The minimum Gasteiger partial charge on any atom is -0.319 e. The van der Waals surface area contributed by atoms with Crippen molar-refractivity contribution in [3.05, 3.63) is 35.4 Å². The van der Waals surface area contributed by atoms with E-state index < -0.39 is 0 Å². The summed E-state index contributed by atoms with van der Waals surface area (Å²) in [6, 6.07) is 8.92. The zero-order chi connectivity index (χ0) is 11.3. The Bertz CT molecular complexity index is 277. The van der Waals surface area contributed by atoms with Crippen LogP contribution in [0.15, 0.2) is 24.3 Å². The maximum atomic E-state index is 3.20. The van der Waals surface area contributed by atoms with Gasteiger partial charge in [0, 0.05) is 13.1 Å². The summed E-state index contributed by atoms with van der Waals surface area (Å²) >= 11 is 0. The molecule has 0 bridgehead atoms. The topological polar surface area (TPSA) is 15.3 Å². The van der Waals surface area contributed by atoms with Gasteiger partial charge >= 0.3 is 0 Å². The molecule has 15 heavy (non-hydrogen) atoms. The molecule has 2 heteroatoms. The van der Waals surface area contributed by atoms with Gasteiger partial charge in [-0.3, -0.25) is 0 Å². The molecule has 1 N–H and O–H groups in total. The van der Waals surface area contributed by atoms with Gasteiger partial charge in [0.1, 0.15) is 0 Å². The molecule has 0 spiro atoms. The van der Waals surface area contributed by atoms with Crippen molar-refractivity contribution in [3.63, 3.8) is 0 Å². The highest BCUT2D eigenvalue weighted by atomic mass is 15.0. The second-order valence-corrected chi connectivity index (χ2v) is 4.44. The van der Waals surface area contributed by atoms with Gasteiger partial charge < -0.3 is 10.2 Å². The Morgan fingerprint density at radius 3 is 2.27 bits per heavy atom. The van der Waals surface area contributed by atoms with Gasteiger partial charge in [0.25, 0.3) is 0 Å². The van der Waals surface area contributed by atoms with Gasteiger partial charge in [0.15, 0.2) is 0 Å². The SMILES string of the molecule is CNCC(C)c1ccc(CN(C)C)cc1. The molecular weight excluding hydrogens is 184 g/mol. The molecule has 0 saturated heterocycles. The van der Waals surface area contributed by atoms with Gasteiger partial charge in [0.05, 0.1) is 0 Å². The third-order valence-electron chi connectivity index (χ3n) is 2.56. The monoisotopic (exact) mass is 206 g/mol. The molecule has 0 aliphatic carbocycles. The quantitative estimate of drug-likeness (QED) is 0.793. The first-order chi connectivity index (χ1) is 7.13. The molecule has 0 aromatic heterocycles. The number of benzene rings is 1. The van der Waals surface area contributed by atoms with Crippen LogP contribution in [0.1, 0.15) is 24.0 Å². The Labute approximate surface area is 93.3 Å². The molecule has 0 fully saturated rings. The van der Waals surface area contributed by atoms with Gasteiger partial charge in [-0.1, -0.05) is 31.2 Å². The van der Waals surface area contributed by atoms with Gasteiger partial charge in [-0.05, 0) is 38.2 Å². The number of nitrogens with zero attached hydrogens (tertiary/aromatic N) is 1. The fraction of sp³-hybridized carbons (Fsp3) is 0.538. The predicted octanol–water partition coefficient (Wildman–Crippen LogP) is 2.07. The van der Waals surface area contributed by atoms with Crippen molar-refractivity contribution >= 4 is 0 Å². The summed E-state index contributed by atoms with van der Waals surface area (Å²) < 4.78 is 0. The maximum Gasteiger partial charge on any atom is 0.0227 e. The van der Waals surface area contributed by atoms with Crippen molar-refractivity contribution in [1.29, 1.82) is 0 Å². The first kappa shape index (κ1) is 12.2. The van der Waals surface area contributed by atoms with Gasteiger partial charge in [-0.2, -0.15) is 0 Å². The Kier molecular flexibility index (Phi) is 4.79. The van der Waals surface area contributed by atoms with Crippen LogP contribution >= 0.6 is 0 Å². The standard InChI is InChI=1S/C13H22N2/c1-11(9-14-2)13-7-5-12(6-8-13)10-15(3)4/h5-8,11,14H,9-10H2,1-4H3. The minimum atomic E-state index is 0.586. The second kappa shape index (κ2) is 5.89. The largest absolute Gasteiger partial charge is 0.319 e. The van der Waals surface area contributed by atoms with Crippen LogP contribution in [0.5, 0.6) is 0 Å². The van der Waals surface area contributed by atoms with E-state index in [0.29, 0.717) is 5.92 Å². The fourth-order valence-corrected chi connectivity index (χ4v) is 1.74. The molecule has 0 aliphatic heterocycles. The molecule has 0 aliphatic rings. The van der Waals surface area contributed by atoms with E-state index in [1.54, 1.807) is 0 Å². The predicted molar refractivity (Wildman–Crippen MR) is 66.2 cm³/mol. The molecule has 0 saturated carbocycles. The van der Waals surface area contributed by atoms with Crippen molar-refractivity contribution < 1.29 is 0 Å². The highest BCUT2D eigenvalue weighted by Crippen LogP contribution is 2.15. The Hall–Kier alpha value is -0.860. The van der Waals surface area contributed by atoms with E-state index in [9.17, 15) is 0 Å². The average Bonchev–Trinajstić information content (AvgIpc) is 2.18. The van der Waals surface area contributed by atoms with Crippen LogP contribution in [0.3, 0.4) is 0 Å². The van der Waals surface area contributed by atoms with Crippen LogP contribution in [-0.4, -0.2) is 32.6 Å². The maximum absolute atomic E-state index is 3.20. The van der Waals surface area contributed by atoms with Crippen LogP contribution in [0.2, 0.25) is 0 Å². The summed E-state index contributed by atoms with van der Waals surface area (Å²) in [6.45, 7) is 4.30. The van der Waals surface area contributed by atoms with E-state index in [2.05, 4.69) is 55.5 Å². The molecule has 0 heterocycles. The molecule has 1 unspecified atom stereocenters. The smallest absolute Gasteiger partial charge is 0.0227 e. The molecule has 1 aromatic carbocycles. The summed E-state index contributed by atoms with van der Waals surface area (Å²) in [5, 5.41) is 3.20. The van der Waals surface area contributed by atoms with E-state index >= 15 is 0 Å². The first-order valence-corrected chi connectivity index (χ1v) is 5.51. The molecular formula is C13H22N2. The summed E-state index contributed by atoms with van der Waals surface area (Å²) in [4.78, 5) is 2.19. The Balaban J connectivity index is 2.63. The zero-order valence-electron chi connectivity index (χ0n) is 10.2. The summed E-state index contributed by atoms with van der Waals surface area (Å²) in [5.74, 6) is 0.586. The number of rotatable bonds is 5. The van der Waals surface area contributed by atoms with E-state index in [1.165, 1.54) is 11.1 Å². The second-order valence-electron chi connectivity index (χ2n) is 4.44. The summed E-state index contributed by atoms with van der Waals surface area (Å²) in [7, 11) is 6.19. The van der Waals surface area contributed by atoms with Crippen LogP contribution in [0, 0.1) is 0 Å². The number of hydrogen-bond acceptors (Lipinski definition) is 2. The molecule has 1 atom stereocenters. The van der Waals surface area contributed by atoms with Crippen LogP contribution in [-0.2, 0) is 6.54 Å². The summed E-state index contributed by atoms with van der Waals surface area (Å²) in [5.41, 5.74) is 2.78. The Morgan fingerprint density at radius 2 is 1.80 bits per heavy atom. The van der Waals surface area contributed by atoms with Crippen molar-refractivity contribution in [3.8, 4) is 0 Å². The van der Waals surface area contributed by atoms with Gasteiger partial charge in [-0.25, -0.2) is 0 Å². The van der Waals surface area contributed by atoms with Crippen molar-refractivity contribution in [2.45, 2.75) is 19.4 Å². The Morgan fingerprint density at radius 1 is 1.20 bits per heavy atom. The van der Waals surface area contributed by atoms with Crippen LogP contribution < -0.4 is 5.32 Å². The van der Waals surface area contributed by atoms with E-state index in [0.717, 1.165) is 13.1 Å². The van der Waals surface area contributed by atoms with Crippen molar-refractivity contribution in [1.82, 2.24) is 10.2 Å². The van der Waals surface area contributed by atoms with Crippen molar-refractivity contribution in [2.24, 2.45) is 0 Å². The average molecular weight is 206 g/mol. The number of nitrogens with one attached hydrogen (secondary N) is 1. The van der Waals surface area contributed by atoms with E-state index in [-0.39, 0.29) is 0 Å². The van der Waals surface area contributed by atoms with E-state index in [4.69, 9.17) is 0 Å². The molecule has 84 valence electrons. The molecule has 1 aromatic rings. The molecule has 1 rings (SSSR count). The van der Waals surface area contributed by atoms with Crippen LogP contribution in [0.25, 0.3) is 0 Å². The lowest BCUT2D eigenvalue weighted by molar-refractivity contribution is 0.402. The minimum absolute atomic E-state index is 0.586. The third-order valence-corrected chi connectivity index (χ3v) is 2.56. The van der Waals surface area contributed by atoms with Gasteiger partial charge in [-0.15, -0.1) is 0 Å². The van der Waals surface area contributed by atoms with Crippen LogP contribution in [0.4, 0.5) is 0 Å². The molecule has 0 radical (unpaired) electrons. The van der Waals surface area contributed by atoms with Gasteiger partial charge in [0.2, 0.25) is 0 Å². The first-order valence-electron chi connectivity index (χ1n) is 5.51. The highest BCUT2D eigenvalue weighted by Gasteiger charge is 2.03. The molecule has 2 nitrogen and oxygen atoms in total. The summed E-state index contributed by atoms with van der Waals surface area (Å²) in [6.07, 6.45) is 0. The third kappa shape index (κ3) is 4.02. The fourth-order valence-electron chi connectivity index (χ4n) is 1.74. The lowest BCUT2D eigenvalue weighted by atomic mass is 10.00. The van der Waals surface area contributed by atoms with Crippen molar-refractivity contribution in [2.75, 3.05) is 27.7 Å². The zero-order valence-corrected chi connectivity index (χ0v) is 10.2. The number of likely N-dealkylation sites (N-methyl/N-ethyl adjacent to an activating group) is 1. The lowest BCUT2D eigenvalue weighted by Gasteiger charge is -2.13. The number of hydrogen-bond donors (Lipinski definition) is 1.